The molecule has 0 aromatic rings. The van der Waals surface area contributed by atoms with Crippen molar-refractivity contribution in [1.82, 2.24) is 0 Å². The quantitative estimate of drug-likeness (QED) is 0.329. The fraction of sp³-hybridized carbons (Fsp3) is 0.714. The highest BCUT2D eigenvalue weighted by atomic mass is 28.3. The highest BCUT2D eigenvalue weighted by Crippen LogP contribution is 1.93. The Morgan fingerprint density at radius 3 is 2.45 bits per heavy atom. The minimum atomic E-state index is -1.77. The van der Waals surface area contributed by atoms with Crippen LogP contribution in [0.1, 0.15) is 12.8 Å². The lowest BCUT2D eigenvalue weighted by Gasteiger charge is -2.10. The Balaban J connectivity index is 3.13. The maximum Gasteiger partial charge on any atom is 0.483 e. The molecule has 0 saturated carbocycles. The van der Waals surface area contributed by atoms with Crippen molar-refractivity contribution < 1.29 is 13.3 Å². The lowest BCUT2D eigenvalue weighted by Crippen LogP contribution is -2.24. The van der Waals surface area contributed by atoms with Crippen molar-refractivity contribution in [3.63, 3.8) is 0 Å². The van der Waals surface area contributed by atoms with Crippen LogP contribution in [0.25, 0.3) is 0 Å². The van der Waals surface area contributed by atoms with E-state index >= 15 is 0 Å². The third kappa shape index (κ3) is 6.24. The van der Waals surface area contributed by atoms with Gasteiger partial charge in [-0.1, -0.05) is 6.08 Å². The normalized spacial score (nSPS) is 10.5. The zero-order chi connectivity index (χ0) is 8.53. The second-order valence-electron chi connectivity index (χ2n) is 2.06. The van der Waals surface area contributed by atoms with E-state index in [4.69, 9.17) is 13.3 Å². The number of rotatable bonds is 7. The fourth-order valence-corrected chi connectivity index (χ4v) is 1.46. The van der Waals surface area contributed by atoms with Gasteiger partial charge in [0.1, 0.15) is 0 Å². The van der Waals surface area contributed by atoms with Gasteiger partial charge in [0.25, 0.3) is 0 Å². The summed E-state index contributed by atoms with van der Waals surface area (Å²) in [6.45, 7) is 4.31. The van der Waals surface area contributed by atoms with Crippen molar-refractivity contribution in [2.45, 2.75) is 12.8 Å². The van der Waals surface area contributed by atoms with Crippen molar-refractivity contribution in [3.8, 4) is 0 Å². The molecule has 0 atom stereocenters. The van der Waals surface area contributed by atoms with Gasteiger partial charge in [-0.25, -0.2) is 0 Å². The topological polar surface area (TPSA) is 27.7 Å². The molecular weight excluding hydrogens is 160 g/mol. The maximum atomic E-state index is 5.29. The number of unbranched alkanes of at least 4 members (excludes halogenated alkanes) is 1. The van der Waals surface area contributed by atoms with Crippen LogP contribution in [-0.2, 0) is 13.3 Å². The first-order chi connectivity index (χ1) is 5.35. The van der Waals surface area contributed by atoms with Crippen LogP contribution in [0, 0.1) is 0 Å². The molecule has 4 heteroatoms. The molecule has 0 radical (unpaired) electrons. The van der Waals surface area contributed by atoms with Gasteiger partial charge in [-0.3, -0.25) is 0 Å². The van der Waals surface area contributed by atoms with E-state index in [0.29, 0.717) is 6.61 Å². The van der Waals surface area contributed by atoms with Crippen molar-refractivity contribution in [2.75, 3.05) is 20.8 Å². The zero-order valence-corrected chi connectivity index (χ0v) is 8.36. The summed E-state index contributed by atoms with van der Waals surface area (Å²) in [5.41, 5.74) is 0. The van der Waals surface area contributed by atoms with Crippen LogP contribution in [0.3, 0.4) is 0 Å². The smallest absolute Gasteiger partial charge is 0.379 e. The molecule has 0 N–H and O–H groups in total. The van der Waals surface area contributed by atoms with Gasteiger partial charge in [-0.15, -0.1) is 6.58 Å². The molecule has 0 rings (SSSR count). The van der Waals surface area contributed by atoms with Crippen LogP contribution < -0.4 is 0 Å². The Labute approximate surface area is 69.9 Å². The van der Waals surface area contributed by atoms with E-state index in [1.165, 1.54) is 0 Å². The molecule has 0 aliphatic heterocycles. The summed E-state index contributed by atoms with van der Waals surface area (Å²) in [6, 6.07) is 0. The summed E-state index contributed by atoms with van der Waals surface area (Å²) >= 11 is 0. The van der Waals surface area contributed by atoms with Crippen molar-refractivity contribution in [1.29, 1.82) is 0 Å². The Kier molecular flexibility index (Phi) is 7.82. The second kappa shape index (κ2) is 7.94. The molecule has 0 aromatic heterocycles. The summed E-state index contributed by atoms with van der Waals surface area (Å²) in [5.74, 6) is 0. The fourth-order valence-electron chi connectivity index (χ4n) is 0.640. The van der Waals surface area contributed by atoms with Crippen molar-refractivity contribution in [3.05, 3.63) is 12.7 Å². The van der Waals surface area contributed by atoms with Gasteiger partial charge in [0.05, 0.1) is 0 Å². The van der Waals surface area contributed by atoms with Gasteiger partial charge < -0.3 is 13.3 Å². The molecule has 11 heavy (non-hydrogen) atoms. The molecule has 0 heterocycles. The predicted molar refractivity (Wildman–Crippen MR) is 46.6 cm³/mol. The van der Waals surface area contributed by atoms with E-state index in [-0.39, 0.29) is 0 Å². The summed E-state index contributed by atoms with van der Waals surface area (Å²) in [4.78, 5) is 0. The minimum absolute atomic E-state index is 0.699. The number of allylic oxidation sites excluding steroid dienone is 1. The van der Waals surface area contributed by atoms with Gasteiger partial charge in [0, 0.05) is 20.8 Å². The van der Waals surface area contributed by atoms with E-state index in [0.717, 1.165) is 12.8 Å². The molecule has 0 amide bonds. The van der Waals surface area contributed by atoms with Crippen LogP contribution >= 0.6 is 0 Å². The highest BCUT2D eigenvalue weighted by Gasteiger charge is 2.08. The monoisotopic (exact) mass is 176 g/mol. The van der Waals surface area contributed by atoms with E-state index in [1.54, 1.807) is 14.2 Å². The zero-order valence-electron chi connectivity index (χ0n) is 7.21. The Morgan fingerprint density at radius 2 is 2.00 bits per heavy atom. The molecule has 3 nitrogen and oxygen atoms in total. The molecule has 0 spiro atoms. The molecule has 0 aliphatic rings. The first-order valence-corrected chi connectivity index (χ1v) is 5.04. The lowest BCUT2D eigenvalue weighted by molar-refractivity contribution is 0.134. The Bertz CT molecular complexity index is 93.7. The van der Waals surface area contributed by atoms with Gasteiger partial charge in [-0.2, -0.15) is 0 Å². The number of hydrogen-bond acceptors (Lipinski definition) is 3. The van der Waals surface area contributed by atoms with E-state index in [1.807, 2.05) is 6.08 Å². The standard InChI is InChI=1S/C7H16O3Si/c1-4-5-6-7-10-11(8-2)9-3/h4,11H,1,5-7H2,2-3H3. The lowest BCUT2D eigenvalue weighted by atomic mass is 10.3. The van der Waals surface area contributed by atoms with Gasteiger partial charge in [0.15, 0.2) is 0 Å². The average Bonchev–Trinajstić information content (AvgIpc) is 2.05. The molecule has 0 aromatic carbocycles. The van der Waals surface area contributed by atoms with Crippen LogP contribution in [0.5, 0.6) is 0 Å². The third-order valence-corrected chi connectivity index (χ3v) is 2.47. The number of hydrogen-bond donors (Lipinski definition) is 0. The first kappa shape index (κ1) is 10.8. The van der Waals surface area contributed by atoms with Gasteiger partial charge in [0.2, 0.25) is 0 Å². The van der Waals surface area contributed by atoms with Crippen LogP contribution in [-0.4, -0.2) is 30.4 Å². The van der Waals surface area contributed by atoms with E-state index in [9.17, 15) is 0 Å². The van der Waals surface area contributed by atoms with Crippen molar-refractivity contribution in [2.24, 2.45) is 0 Å². The summed E-state index contributed by atoms with van der Waals surface area (Å²) < 4.78 is 15.2. The largest absolute Gasteiger partial charge is 0.483 e. The molecule has 0 fully saturated rings. The second-order valence-corrected chi connectivity index (χ2v) is 3.92. The molecule has 0 aliphatic carbocycles. The molecule has 0 bridgehead atoms. The molecule has 66 valence electrons. The van der Waals surface area contributed by atoms with Crippen LogP contribution in [0.4, 0.5) is 0 Å². The SMILES string of the molecule is C=CCCCO[SiH](OC)OC. The summed E-state index contributed by atoms with van der Waals surface area (Å²) in [7, 11) is 1.44. The minimum Gasteiger partial charge on any atom is -0.379 e. The van der Waals surface area contributed by atoms with Crippen LogP contribution in [0.15, 0.2) is 12.7 Å². The predicted octanol–water partition coefficient (Wildman–Crippen LogP) is 0.979. The van der Waals surface area contributed by atoms with Crippen molar-refractivity contribution >= 4 is 9.53 Å². The molecule has 0 saturated heterocycles. The van der Waals surface area contributed by atoms with Gasteiger partial charge in [-0.05, 0) is 12.8 Å². The average molecular weight is 176 g/mol. The summed E-state index contributed by atoms with van der Waals surface area (Å²) in [5, 5.41) is 0. The molecule has 0 unspecified atom stereocenters. The Hall–Kier alpha value is -0.163. The van der Waals surface area contributed by atoms with E-state index in [2.05, 4.69) is 6.58 Å². The Morgan fingerprint density at radius 1 is 1.36 bits per heavy atom. The maximum absolute atomic E-state index is 5.29. The third-order valence-electron chi connectivity index (χ3n) is 1.19. The van der Waals surface area contributed by atoms with E-state index < -0.39 is 9.53 Å². The molecular formula is C7H16O3Si. The summed E-state index contributed by atoms with van der Waals surface area (Å²) in [6.07, 6.45) is 3.84. The first-order valence-electron chi connectivity index (χ1n) is 3.63. The van der Waals surface area contributed by atoms with Gasteiger partial charge >= 0.3 is 9.53 Å². The highest BCUT2D eigenvalue weighted by molar-refractivity contribution is 6.36. The van der Waals surface area contributed by atoms with Crippen LogP contribution in [0.2, 0.25) is 0 Å².